The fourth-order valence-corrected chi connectivity index (χ4v) is 10.5. The highest BCUT2D eigenvalue weighted by Crippen LogP contribution is 2.45. The quantitative estimate of drug-likeness (QED) is 0.177. The van der Waals surface area contributed by atoms with E-state index in [2.05, 4.69) is 117 Å². The van der Waals surface area contributed by atoms with Gasteiger partial charge >= 0.3 is 0 Å². The zero-order chi connectivity index (χ0) is 37.2. The molecule has 5 atom stereocenters. The zero-order valence-corrected chi connectivity index (χ0v) is 36.2. The zero-order valence-electron chi connectivity index (χ0n) is 26.6. The standard InChI is InChI=1S/C31H30Br6N4O10/c1-47-24-16(34)8-30(26(43)21(24)36)10-18(40-50-30)28(45)38-4-3-5-49-23-14(32)6-13(7-15(23)33)20(42)12-39-29(46)19-11-31(51-41-19)9-17(35)25(48-2)22(37)27(31)44/h6-9,20,26-27,42-44H,3-5,10-12H2,1-2H3,(H,38,45)(H,39,46)/t20-,26-,27-,30+,31+/m0/s1. The highest BCUT2D eigenvalue weighted by Gasteiger charge is 2.52. The van der Waals surface area contributed by atoms with E-state index in [0.29, 0.717) is 56.1 Å². The molecule has 5 rings (SSSR count). The highest BCUT2D eigenvalue weighted by molar-refractivity contribution is 9.12. The summed E-state index contributed by atoms with van der Waals surface area (Å²) >= 11 is 20.4. The maximum Gasteiger partial charge on any atom is 0.269 e. The van der Waals surface area contributed by atoms with Crippen molar-refractivity contribution in [1.29, 1.82) is 0 Å². The van der Waals surface area contributed by atoms with Gasteiger partial charge in [-0.15, -0.1) is 0 Å². The topological polar surface area (TPSA) is 190 Å². The Morgan fingerprint density at radius 3 is 1.80 bits per heavy atom. The summed E-state index contributed by atoms with van der Waals surface area (Å²) in [5, 5.41) is 45.8. The van der Waals surface area contributed by atoms with E-state index >= 15 is 0 Å². The Kier molecular flexibility index (Phi) is 13.2. The molecule has 20 heteroatoms. The van der Waals surface area contributed by atoms with Crippen molar-refractivity contribution in [3.63, 3.8) is 0 Å². The molecule has 0 aromatic heterocycles. The van der Waals surface area contributed by atoms with E-state index in [0.717, 1.165) is 0 Å². The van der Waals surface area contributed by atoms with Crippen LogP contribution in [0.25, 0.3) is 0 Å². The Labute approximate surface area is 342 Å². The van der Waals surface area contributed by atoms with Crippen LogP contribution in [0.5, 0.6) is 5.75 Å². The Bertz CT molecular complexity index is 1780. The van der Waals surface area contributed by atoms with Crippen LogP contribution in [0.1, 0.15) is 30.9 Å². The summed E-state index contributed by atoms with van der Waals surface area (Å²) in [6.45, 7) is 0.400. The third-order valence-electron chi connectivity index (χ3n) is 8.20. The summed E-state index contributed by atoms with van der Waals surface area (Å²) in [5.74, 6) is 0.324. The van der Waals surface area contributed by atoms with Crippen LogP contribution >= 0.6 is 95.6 Å². The van der Waals surface area contributed by atoms with Crippen LogP contribution in [-0.2, 0) is 28.7 Å². The lowest BCUT2D eigenvalue weighted by molar-refractivity contribution is -0.116. The fourth-order valence-electron chi connectivity index (χ4n) is 5.51. The van der Waals surface area contributed by atoms with E-state index in [-0.39, 0.29) is 44.0 Å². The molecule has 0 radical (unpaired) electrons. The van der Waals surface area contributed by atoms with Crippen molar-refractivity contribution in [2.45, 2.75) is 48.8 Å². The molecule has 1 aromatic rings. The molecule has 2 aliphatic heterocycles. The molecule has 0 saturated heterocycles. The number of benzene rings is 1. The number of nitrogens with one attached hydrogen (secondary N) is 2. The monoisotopic (exact) mass is 1090 g/mol. The van der Waals surface area contributed by atoms with Gasteiger partial charge in [0.05, 0.1) is 53.8 Å². The van der Waals surface area contributed by atoms with Gasteiger partial charge in [-0.05, 0) is 132 Å². The second kappa shape index (κ2) is 16.7. The molecule has 14 nitrogen and oxygen atoms in total. The lowest BCUT2D eigenvalue weighted by atomic mass is 9.87. The molecule has 0 unspecified atom stereocenters. The van der Waals surface area contributed by atoms with Crippen LogP contribution in [0.2, 0.25) is 0 Å². The lowest BCUT2D eigenvalue weighted by Gasteiger charge is -2.33. The van der Waals surface area contributed by atoms with Crippen molar-refractivity contribution < 1.29 is 48.8 Å². The fraction of sp³-hybridized carbons (Fsp3) is 0.419. The summed E-state index contributed by atoms with van der Waals surface area (Å²) in [6.07, 6.45) is 0.350. The summed E-state index contributed by atoms with van der Waals surface area (Å²) in [7, 11) is 2.94. The predicted molar refractivity (Wildman–Crippen MR) is 207 cm³/mol. The Morgan fingerprint density at radius 1 is 0.863 bits per heavy atom. The first-order chi connectivity index (χ1) is 24.2. The number of halogens is 6. The number of aliphatic hydroxyl groups is 3. The highest BCUT2D eigenvalue weighted by atomic mass is 79.9. The number of carbonyl (C=O) groups is 2. The third-order valence-corrected chi connectivity index (χ3v) is 12.1. The average molecular weight is 1100 g/mol. The number of rotatable bonds is 12. The largest absolute Gasteiger partial charge is 0.495 e. The van der Waals surface area contributed by atoms with E-state index in [1.54, 1.807) is 24.3 Å². The Hall–Kier alpha value is -1.78. The number of methoxy groups -OCH3 is 2. The van der Waals surface area contributed by atoms with Crippen molar-refractivity contribution in [3.05, 3.63) is 68.2 Å². The summed E-state index contributed by atoms with van der Waals surface area (Å²) < 4.78 is 19.4. The average Bonchev–Trinajstić information content (AvgIpc) is 3.72. The molecule has 2 amide bonds. The number of carbonyl (C=O) groups excluding carboxylic acids is 2. The minimum Gasteiger partial charge on any atom is -0.495 e. The molecule has 0 saturated carbocycles. The second-order valence-electron chi connectivity index (χ2n) is 11.6. The van der Waals surface area contributed by atoms with Gasteiger partial charge in [-0.25, -0.2) is 0 Å². The minimum absolute atomic E-state index is 0.0140. The van der Waals surface area contributed by atoms with Crippen molar-refractivity contribution in [2.24, 2.45) is 10.3 Å². The first-order valence-electron chi connectivity index (χ1n) is 15.0. The molecular formula is C31H30Br6N4O10. The predicted octanol–water partition coefficient (Wildman–Crippen LogP) is 5.09. The van der Waals surface area contributed by atoms with Crippen molar-refractivity contribution in [2.75, 3.05) is 33.9 Å². The van der Waals surface area contributed by atoms with Crippen LogP contribution in [0.3, 0.4) is 0 Å². The van der Waals surface area contributed by atoms with Gasteiger partial charge in [-0.3, -0.25) is 9.59 Å². The second-order valence-corrected chi connectivity index (χ2v) is 16.7. The van der Waals surface area contributed by atoms with E-state index in [4.69, 9.17) is 23.9 Å². The minimum atomic E-state index is -1.30. The first kappa shape index (κ1) is 40.4. The van der Waals surface area contributed by atoms with Crippen molar-refractivity contribution in [3.8, 4) is 5.75 Å². The van der Waals surface area contributed by atoms with Crippen LogP contribution in [0.15, 0.2) is 73.0 Å². The SMILES string of the molecule is COC1=C(Br)[C@H](O)[C@@]2(C=C1Br)CC(C(=O)NCCCOc1c(Br)cc([C@@H](O)CNC(=O)C3=NO[C@]4(C=C(Br)C(OC)=C(Br)[C@@H]4O)C3)cc1Br)=NO2. The summed E-state index contributed by atoms with van der Waals surface area (Å²) in [4.78, 5) is 36.8. The molecule has 1 aromatic carbocycles. The number of hydrogen-bond donors (Lipinski definition) is 5. The van der Waals surface area contributed by atoms with Gasteiger partial charge in [-0.1, -0.05) is 10.3 Å². The smallest absolute Gasteiger partial charge is 0.269 e. The Morgan fingerprint density at radius 2 is 1.33 bits per heavy atom. The number of oxime groups is 2. The normalized spacial score (nSPS) is 26.2. The number of aliphatic hydroxyl groups excluding tert-OH is 3. The van der Waals surface area contributed by atoms with Crippen LogP contribution in [0, 0.1) is 0 Å². The molecule has 0 bridgehead atoms. The van der Waals surface area contributed by atoms with E-state index in [9.17, 15) is 24.9 Å². The van der Waals surface area contributed by atoms with E-state index in [1.807, 2.05) is 0 Å². The third kappa shape index (κ3) is 8.33. The van der Waals surface area contributed by atoms with Gasteiger partial charge in [0.2, 0.25) is 0 Å². The molecule has 2 heterocycles. The van der Waals surface area contributed by atoms with Crippen LogP contribution in [0.4, 0.5) is 0 Å². The molecular weight excluding hydrogens is 1070 g/mol. The van der Waals surface area contributed by atoms with Crippen LogP contribution in [-0.4, -0.2) is 95.9 Å². The number of ether oxygens (including phenoxy) is 3. The summed E-state index contributed by atoms with van der Waals surface area (Å²) in [5.41, 5.74) is -1.87. The van der Waals surface area contributed by atoms with Gasteiger partial charge in [0, 0.05) is 25.9 Å². The number of nitrogens with zero attached hydrogens (tertiary/aromatic N) is 2. The van der Waals surface area contributed by atoms with E-state index in [1.165, 1.54) is 14.2 Å². The number of allylic oxidation sites excluding steroid dienone is 2. The van der Waals surface area contributed by atoms with Crippen LogP contribution < -0.4 is 15.4 Å². The molecule has 5 N–H and O–H groups in total. The van der Waals surface area contributed by atoms with Gasteiger partial charge in [0.1, 0.15) is 40.9 Å². The summed E-state index contributed by atoms with van der Waals surface area (Å²) in [6, 6.07) is 3.34. The van der Waals surface area contributed by atoms with Gasteiger partial charge < -0.3 is 49.8 Å². The van der Waals surface area contributed by atoms with Gasteiger partial charge in [-0.2, -0.15) is 0 Å². The van der Waals surface area contributed by atoms with Gasteiger partial charge in [0.15, 0.2) is 11.2 Å². The molecule has 51 heavy (non-hydrogen) atoms. The van der Waals surface area contributed by atoms with Crippen molar-refractivity contribution in [1.82, 2.24) is 10.6 Å². The number of amides is 2. The molecule has 4 aliphatic rings. The molecule has 276 valence electrons. The molecule has 0 fully saturated rings. The maximum atomic E-state index is 12.9. The van der Waals surface area contributed by atoms with Gasteiger partial charge in [0.25, 0.3) is 11.8 Å². The molecule has 2 aliphatic carbocycles. The maximum absolute atomic E-state index is 12.9. The first-order valence-corrected chi connectivity index (χ1v) is 19.8. The lowest BCUT2D eigenvalue weighted by Crippen LogP contribution is -2.45. The molecule has 2 spiro atoms. The Balaban J connectivity index is 1.06. The van der Waals surface area contributed by atoms with E-state index < -0.39 is 41.3 Å². The number of hydrogen-bond acceptors (Lipinski definition) is 12. The van der Waals surface area contributed by atoms with Crippen molar-refractivity contribution >= 4 is 119 Å².